The minimum absolute atomic E-state index is 0.00853. The maximum atomic E-state index is 11.6. The molecule has 0 saturated carbocycles. The van der Waals surface area contributed by atoms with Crippen LogP contribution >= 0.6 is 22.6 Å². The topological polar surface area (TPSA) is 51.2 Å². The second-order valence-corrected chi connectivity index (χ2v) is 5.33. The van der Waals surface area contributed by atoms with Crippen LogP contribution in [0.15, 0.2) is 18.3 Å². The highest BCUT2D eigenvalue weighted by Crippen LogP contribution is 2.17. The van der Waals surface area contributed by atoms with Crippen LogP contribution in [-0.4, -0.2) is 23.6 Å². The summed E-state index contributed by atoms with van der Waals surface area (Å²) in [6.07, 6.45) is 5.50. The molecule has 1 aliphatic heterocycles. The zero-order chi connectivity index (χ0) is 12.1. The summed E-state index contributed by atoms with van der Waals surface area (Å²) in [5.74, 6) is 0.622. The molecule has 1 aliphatic rings. The van der Waals surface area contributed by atoms with E-state index in [-0.39, 0.29) is 12.0 Å². The Morgan fingerprint density at radius 3 is 3.12 bits per heavy atom. The van der Waals surface area contributed by atoms with E-state index < -0.39 is 0 Å². The fourth-order valence-electron chi connectivity index (χ4n) is 1.82. The summed E-state index contributed by atoms with van der Waals surface area (Å²) in [4.78, 5) is 15.8. The first-order chi connectivity index (χ1) is 8.24. The van der Waals surface area contributed by atoms with Gasteiger partial charge in [-0.25, -0.2) is 4.98 Å². The molecule has 1 fully saturated rings. The minimum Gasteiger partial charge on any atom is -0.378 e. The molecule has 0 radical (unpaired) electrons. The molecule has 1 aromatic heterocycles. The van der Waals surface area contributed by atoms with Crippen LogP contribution in [0.5, 0.6) is 0 Å². The van der Waals surface area contributed by atoms with Gasteiger partial charge in [0, 0.05) is 22.8 Å². The first-order valence-electron chi connectivity index (χ1n) is 5.77. The highest BCUT2D eigenvalue weighted by atomic mass is 127. The number of ether oxygens (including phenoxy) is 1. The number of rotatable bonds is 4. The highest BCUT2D eigenvalue weighted by molar-refractivity contribution is 14.1. The molecule has 1 saturated heterocycles. The number of halogens is 1. The number of anilines is 1. The van der Waals surface area contributed by atoms with E-state index in [1.165, 1.54) is 0 Å². The van der Waals surface area contributed by atoms with E-state index in [9.17, 15) is 4.79 Å². The molecule has 2 heterocycles. The van der Waals surface area contributed by atoms with Crippen LogP contribution < -0.4 is 5.32 Å². The predicted octanol–water partition coefficient (Wildman–Crippen LogP) is 2.58. The number of aromatic nitrogens is 1. The molecule has 1 unspecified atom stereocenters. The normalized spacial score (nSPS) is 19.2. The quantitative estimate of drug-likeness (QED) is 0.853. The maximum Gasteiger partial charge on any atom is 0.225 e. The summed E-state index contributed by atoms with van der Waals surface area (Å²) < 4.78 is 6.53. The SMILES string of the molecule is O=C(CCC1CCCO1)Nc1ccc(I)cn1. The van der Waals surface area contributed by atoms with Crippen LogP contribution in [0.1, 0.15) is 25.7 Å². The Kier molecular flexibility index (Phi) is 4.73. The largest absolute Gasteiger partial charge is 0.378 e. The summed E-state index contributed by atoms with van der Waals surface area (Å²) >= 11 is 2.18. The van der Waals surface area contributed by atoms with Gasteiger partial charge in [-0.2, -0.15) is 0 Å². The summed E-state index contributed by atoms with van der Waals surface area (Å²) in [5.41, 5.74) is 0. The van der Waals surface area contributed by atoms with Gasteiger partial charge in [-0.05, 0) is 54.0 Å². The average molecular weight is 346 g/mol. The fourth-order valence-corrected chi connectivity index (χ4v) is 2.14. The zero-order valence-electron chi connectivity index (χ0n) is 9.49. The van der Waals surface area contributed by atoms with Crippen LogP contribution in [0.2, 0.25) is 0 Å². The summed E-state index contributed by atoms with van der Waals surface area (Å²) in [5, 5.41) is 2.78. The monoisotopic (exact) mass is 346 g/mol. The van der Waals surface area contributed by atoms with E-state index in [2.05, 4.69) is 32.9 Å². The third-order valence-corrected chi connectivity index (χ3v) is 3.35. The van der Waals surface area contributed by atoms with Crippen molar-refractivity contribution in [2.24, 2.45) is 0 Å². The van der Waals surface area contributed by atoms with Crippen molar-refractivity contribution >= 4 is 34.3 Å². The van der Waals surface area contributed by atoms with E-state index >= 15 is 0 Å². The lowest BCUT2D eigenvalue weighted by atomic mass is 10.1. The number of carbonyl (C=O) groups is 1. The molecule has 1 amide bonds. The molecule has 2 rings (SSSR count). The van der Waals surface area contributed by atoms with Gasteiger partial charge in [-0.3, -0.25) is 4.79 Å². The second-order valence-electron chi connectivity index (χ2n) is 4.08. The Bertz CT molecular complexity index is 375. The van der Waals surface area contributed by atoms with Gasteiger partial charge in [0.05, 0.1) is 6.10 Å². The number of nitrogens with one attached hydrogen (secondary N) is 1. The van der Waals surface area contributed by atoms with Gasteiger partial charge >= 0.3 is 0 Å². The van der Waals surface area contributed by atoms with Crippen molar-refractivity contribution in [1.82, 2.24) is 4.98 Å². The van der Waals surface area contributed by atoms with Crippen molar-refractivity contribution in [1.29, 1.82) is 0 Å². The molecule has 0 spiro atoms. The molecule has 1 aromatic rings. The summed E-state index contributed by atoms with van der Waals surface area (Å²) in [7, 11) is 0. The molecule has 0 aliphatic carbocycles. The van der Waals surface area contributed by atoms with E-state index in [4.69, 9.17) is 4.74 Å². The van der Waals surface area contributed by atoms with Crippen molar-refractivity contribution in [3.05, 3.63) is 21.9 Å². The highest BCUT2D eigenvalue weighted by Gasteiger charge is 2.16. The van der Waals surface area contributed by atoms with Crippen molar-refractivity contribution in [2.75, 3.05) is 11.9 Å². The molecular weight excluding hydrogens is 331 g/mol. The Labute approximate surface area is 114 Å². The molecule has 4 nitrogen and oxygen atoms in total. The predicted molar refractivity (Wildman–Crippen MR) is 73.8 cm³/mol. The maximum absolute atomic E-state index is 11.6. The Morgan fingerprint density at radius 2 is 2.47 bits per heavy atom. The van der Waals surface area contributed by atoms with Gasteiger partial charge in [0.25, 0.3) is 0 Å². The lowest BCUT2D eigenvalue weighted by Gasteiger charge is -2.08. The van der Waals surface area contributed by atoms with Crippen LogP contribution in [0.25, 0.3) is 0 Å². The summed E-state index contributed by atoms with van der Waals surface area (Å²) in [6, 6.07) is 3.73. The number of nitrogens with zero attached hydrogens (tertiary/aromatic N) is 1. The van der Waals surface area contributed by atoms with Crippen molar-refractivity contribution < 1.29 is 9.53 Å². The first kappa shape index (κ1) is 12.8. The van der Waals surface area contributed by atoms with Crippen LogP contribution in [0, 0.1) is 3.57 Å². The molecule has 5 heteroatoms. The van der Waals surface area contributed by atoms with E-state index in [1.807, 2.05) is 12.1 Å². The van der Waals surface area contributed by atoms with E-state index in [0.717, 1.165) is 29.4 Å². The summed E-state index contributed by atoms with van der Waals surface area (Å²) in [6.45, 7) is 0.838. The van der Waals surface area contributed by atoms with E-state index in [1.54, 1.807) is 6.20 Å². The van der Waals surface area contributed by atoms with Gasteiger partial charge in [0.1, 0.15) is 5.82 Å². The van der Waals surface area contributed by atoms with Crippen molar-refractivity contribution in [3.8, 4) is 0 Å². The minimum atomic E-state index is 0.00853. The molecule has 92 valence electrons. The number of hydrogen-bond donors (Lipinski definition) is 1. The molecular formula is C12H15IN2O2. The lowest BCUT2D eigenvalue weighted by molar-refractivity contribution is -0.116. The number of hydrogen-bond acceptors (Lipinski definition) is 3. The molecule has 1 N–H and O–H groups in total. The fraction of sp³-hybridized carbons (Fsp3) is 0.500. The van der Waals surface area contributed by atoms with E-state index in [0.29, 0.717) is 12.2 Å². The lowest BCUT2D eigenvalue weighted by Crippen LogP contribution is -2.15. The molecule has 17 heavy (non-hydrogen) atoms. The molecule has 0 aromatic carbocycles. The smallest absolute Gasteiger partial charge is 0.225 e. The average Bonchev–Trinajstić information content (AvgIpc) is 2.83. The van der Waals surface area contributed by atoms with Crippen LogP contribution in [0.3, 0.4) is 0 Å². The van der Waals surface area contributed by atoms with Gasteiger partial charge in [0.2, 0.25) is 5.91 Å². The van der Waals surface area contributed by atoms with Gasteiger partial charge in [-0.1, -0.05) is 0 Å². The Balaban J connectivity index is 1.74. The number of amides is 1. The Morgan fingerprint density at radius 1 is 1.59 bits per heavy atom. The first-order valence-corrected chi connectivity index (χ1v) is 6.85. The van der Waals surface area contributed by atoms with Gasteiger partial charge in [0.15, 0.2) is 0 Å². The van der Waals surface area contributed by atoms with Crippen molar-refractivity contribution in [3.63, 3.8) is 0 Å². The zero-order valence-corrected chi connectivity index (χ0v) is 11.6. The van der Waals surface area contributed by atoms with Crippen LogP contribution in [0.4, 0.5) is 5.82 Å². The third kappa shape index (κ3) is 4.23. The van der Waals surface area contributed by atoms with Gasteiger partial charge < -0.3 is 10.1 Å². The molecule has 0 bridgehead atoms. The standard InChI is InChI=1S/C12H15IN2O2/c13-9-3-5-11(14-8-9)15-12(16)6-4-10-2-1-7-17-10/h3,5,8,10H,1-2,4,6-7H2,(H,14,15,16). The van der Waals surface area contributed by atoms with Crippen LogP contribution in [-0.2, 0) is 9.53 Å². The van der Waals surface area contributed by atoms with Crippen molar-refractivity contribution in [2.45, 2.75) is 31.8 Å². The third-order valence-electron chi connectivity index (χ3n) is 2.71. The Hall–Kier alpha value is -0.690. The second kappa shape index (κ2) is 6.30. The molecule has 1 atom stereocenters. The number of carbonyl (C=O) groups excluding carboxylic acids is 1. The van der Waals surface area contributed by atoms with Gasteiger partial charge in [-0.15, -0.1) is 0 Å². The number of pyridine rings is 1.